The number of anilines is 2. The van der Waals surface area contributed by atoms with Crippen LogP contribution in [-0.2, 0) is 14.3 Å². The summed E-state index contributed by atoms with van der Waals surface area (Å²) in [5, 5.41) is 21.1. The molecule has 0 spiro atoms. The first-order valence-electron chi connectivity index (χ1n) is 8.61. The molecular formula is C16H23N5O6S. The van der Waals surface area contributed by atoms with Crippen LogP contribution in [0.3, 0.4) is 0 Å². The quantitative estimate of drug-likeness (QED) is 0.363. The summed E-state index contributed by atoms with van der Waals surface area (Å²) in [6, 6.07) is -0.806. The van der Waals surface area contributed by atoms with Gasteiger partial charge in [0.15, 0.2) is 12.0 Å². The second-order valence-corrected chi connectivity index (χ2v) is 8.00. The maximum Gasteiger partial charge on any atom is 0.323 e. The molecule has 7 N–H and O–H groups in total. The van der Waals surface area contributed by atoms with Crippen LogP contribution < -0.4 is 21.9 Å². The van der Waals surface area contributed by atoms with E-state index in [4.69, 9.17) is 20.9 Å². The van der Waals surface area contributed by atoms with Gasteiger partial charge in [0.2, 0.25) is 5.95 Å². The maximum atomic E-state index is 12.1. The second-order valence-electron chi connectivity index (χ2n) is 6.92. The lowest BCUT2D eigenvalue weighted by atomic mass is 10.1. The summed E-state index contributed by atoms with van der Waals surface area (Å²) < 4.78 is 10.8. The van der Waals surface area contributed by atoms with Gasteiger partial charge in [0.1, 0.15) is 35.9 Å². The number of aliphatic hydroxyl groups is 2. The molecule has 1 aromatic heterocycles. The highest BCUT2D eigenvalue weighted by molar-refractivity contribution is 8.03. The van der Waals surface area contributed by atoms with E-state index in [0.29, 0.717) is 5.03 Å². The number of nitrogen functional groups attached to an aromatic ring is 1. The van der Waals surface area contributed by atoms with Crippen LogP contribution >= 0.6 is 11.8 Å². The molecule has 0 saturated carbocycles. The van der Waals surface area contributed by atoms with Crippen LogP contribution in [0.2, 0.25) is 0 Å². The number of nitrogens with one attached hydrogen (secondary N) is 1. The Bertz CT molecular complexity index is 845. The highest BCUT2D eigenvalue weighted by Gasteiger charge is 2.49. The predicted molar refractivity (Wildman–Crippen MR) is 101 cm³/mol. The van der Waals surface area contributed by atoms with Crippen LogP contribution in [0.15, 0.2) is 21.3 Å². The normalized spacial score (nSPS) is 27.9. The van der Waals surface area contributed by atoms with E-state index in [0.717, 1.165) is 11.8 Å². The van der Waals surface area contributed by atoms with E-state index in [-0.39, 0.29) is 29.2 Å². The van der Waals surface area contributed by atoms with Gasteiger partial charge in [0.25, 0.3) is 5.56 Å². The summed E-state index contributed by atoms with van der Waals surface area (Å²) in [7, 11) is 0. The van der Waals surface area contributed by atoms with Crippen molar-refractivity contribution >= 4 is 29.5 Å². The molecule has 1 aromatic rings. The van der Waals surface area contributed by atoms with Crippen LogP contribution in [0.1, 0.15) is 13.8 Å². The molecule has 2 aliphatic rings. The first kappa shape index (κ1) is 20.6. The SMILES string of the molecule is C=C1Sc2c(nc(N)[nH]c2=O)N1[C@@H]1O[C@H](COC(=O)[C@@H](N)C(C)C)[C@@H](O)[C@H]1O. The minimum atomic E-state index is -1.37. The predicted octanol–water partition coefficient (Wildman–Crippen LogP) is -1.29. The van der Waals surface area contributed by atoms with E-state index in [1.807, 2.05) is 0 Å². The first-order valence-corrected chi connectivity index (χ1v) is 9.43. The zero-order valence-electron chi connectivity index (χ0n) is 15.4. The van der Waals surface area contributed by atoms with Gasteiger partial charge >= 0.3 is 5.97 Å². The lowest BCUT2D eigenvalue weighted by Gasteiger charge is -2.27. The molecule has 0 bridgehead atoms. The Morgan fingerprint density at radius 2 is 2.14 bits per heavy atom. The van der Waals surface area contributed by atoms with Crippen molar-refractivity contribution in [3.63, 3.8) is 0 Å². The topological polar surface area (TPSA) is 177 Å². The summed E-state index contributed by atoms with van der Waals surface area (Å²) in [5.74, 6) is -0.676. The fraction of sp³-hybridized carbons (Fsp3) is 0.562. The van der Waals surface area contributed by atoms with Gasteiger partial charge in [-0.1, -0.05) is 32.2 Å². The number of fused-ring (bicyclic) bond motifs is 1. The zero-order valence-corrected chi connectivity index (χ0v) is 16.2. The summed E-state index contributed by atoms with van der Waals surface area (Å²) in [6.45, 7) is 7.11. The standard InChI is InChI=1S/C16H23N5O6S/c1-5(2)8(17)15(25)26-4-7-9(22)10(23)14(27-7)21-6(3)28-11-12(21)19-16(18)20-13(11)24/h5,7-10,14,22-23H,3-4,17H2,1-2H3,(H3,18,19,20,24)/t7-,8+,9-,10-,14-/m1/s1. The molecule has 0 unspecified atom stereocenters. The number of thioether (sulfide) groups is 1. The van der Waals surface area contributed by atoms with E-state index >= 15 is 0 Å². The molecular weight excluding hydrogens is 390 g/mol. The highest BCUT2D eigenvalue weighted by atomic mass is 32.2. The van der Waals surface area contributed by atoms with Crippen LogP contribution in [0.5, 0.6) is 0 Å². The van der Waals surface area contributed by atoms with Crippen molar-refractivity contribution in [2.45, 2.75) is 49.3 Å². The summed E-state index contributed by atoms with van der Waals surface area (Å²) in [5.41, 5.74) is 10.9. The molecule has 0 aliphatic carbocycles. The van der Waals surface area contributed by atoms with Crippen molar-refractivity contribution < 1.29 is 24.5 Å². The molecule has 12 heteroatoms. The van der Waals surface area contributed by atoms with Crippen molar-refractivity contribution in [3.8, 4) is 0 Å². The average Bonchev–Trinajstić information content (AvgIpc) is 3.09. The smallest absolute Gasteiger partial charge is 0.323 e. The van der Waals surface area contributed by atoms with Crippen molar-refractivity contribution in [2.75, 3.05) is 17.2 Å². The Balaban J connectivity index is 1.76. The molecule has 28 heavy (non-hydrogen) atoms. The van der Waals surface area contributed by atoms with Gasteiger partial charge in [0.05, 0.1) is 5.03 Å². The summed E-state index contributed by atoms with van der Waals surface area (Å²) in [6.07, 6.45) is -4.79. The number of hydrogen-bond donors (Lipinski definition) is 5. The van der Waals surface area contributed by atoms with Gasteiger partial charge < -0.3 is 31.2 Å². The minimum Gasteiger partial charge on any atom is -0.462 e. The van der Waals surface area contributed by atoms with E-state index < -0.39 is 42.1 Å². The number of nitrogens with two attached hydrogens (primary N) is 2. The molecule has 3 heterocycles. The van der Waals surface area contributed by atoms with Gasteiger partial charge in [-0.15, -0.1) is 0 Å². The molecule has 2 aliphatic heterocycles. The number of carbonyl (C=O) groups is 1. The molecule has 0 radical (unpaired) electrons. The van der Waals surface area contributed by atoms with Crippen LogP contribution in [0.25, 0.3) is 0 Å². The van der Waals surface area contributed by atoms with Gasteiger partial charge in [-0.05, 0) is 5.92 Å². The Morgan fingerprint density at radius 3 is 2.79 bits per heavy atom. The van der Waals surface area contributed by atoms with Crippen molar-refractivity contribution in [1.29, 1.82) is 0 Å². The third-order valence-electron chi connectivity index (χ3n) is 4.57. The largest absolute Gasteiger partial charge is 0.462 e. The molecule has 5 atom stereocenters. The minimum absolute atomic E-state index is 0.106. The van der Waals surface area contributed by atoms with Crippen LogP contribution in [0, 0.1) is 5.92 Å². The van der Waals surface area contributed by atoms with E-state index in [2.05, 4.69) is 16.5 Å². The lowest BCUT2D eigenvalue weighted by molar-refractivity contribution is -0.151. The molecule has 1 saturated heterocycles. The number of esters is 1. The van der Waals surface area contributed by atoms with Crippen molar-refractivity contribution in [1.82, 2.24) is 9.97 Å². The third kappa shape index (κ3) is 3.61. The Hall–Kier alpha value is -2.12. The molecule has 1 fully saturated rings. The Kier molecular flexibility index (Phi) is 5.68. The van der Waals surface area contributed by atoms with Gasteiger partial charge in [-0.25, -0.2) is 0 Å². The average molecular weight is 413 g/mol. The summed E-state index contributed by atoms with van der Waals surface area (Å²) >= 11 is 1.05. The maximum absolute atomic E-state index is 12.1. The molecule has 0 aromatic carbocycles. The number of hydrogen-bond acceptors (Lipinski definition) is 11. The van der Waals surface area contributed by atoms with Gasteiger partial charge in [-0.3, -0.25) is 19.5 Å². The number of aromatic nitrogens is 2. The molecule has 3 rings (SSSR count). The number of aliphatic hydroxyl groups excluding tert-OH is 2. The van der Waals surface area contributed by atoms with Crippen LogP contribution in [0.4, 0.5) is 11.8 Å². The number of carbonyl (C=O) groups excluding carboxylic acids is 1. The van der Waals surface area contributed by atoms with E-state index in [9.17, 15) is 19.8 Å². The third-order valence-corrected chi connectivity index (χ3v) is 5.57. The van der Waals surface area contributed by atoms with Crippen LogP contribution in [-0.4, -0.2) is 63.3 Å². The Morgan fingerprint density at radius 1 is 1.46 bits per heavy atom. The summed E-state index contributed by atoms with van der Waals surface area (Å²) in [4.78, 5) is 32.1. The number of rotatable bonds is 5. The Labute approximate surface area is 164 Å². The lowest BCUT2D eigenvalue weighted by Crippen LogP contribution is -2.43. The van der Waals surface area contributed by atoms with E-state index in [1.54, 1.807) is 13.8 Å². The number of aromatic amines is 1. The van der Waals surface area contributed by atoms with Gasteiger partial charge in [-0.2, -0.15) is 4.98 Å². The highest BCUT2D eigenvalue weighted by Crippen LogP contribution is 2.45. The van der Waals surface area contributed by atoms with E-state index in [1.165, 1.54) is 4.90 Å². The zero-order chi connectivity index (χ0) is 20.7. The number of ether oxygens (including phenoxy) is 2. The fourth-order valence-electron chi connectivity index (χ4n) is 2.88. The number of nitrogens with zero attached hydrogens (tertiary/aromatic N) is 2. The number of H-pyrrole nitrogens is 1. The fourth-order valence-corrected chi connectivity index (χ4v) is 3.79. The second kappa shape index (κ2) is 7.72. The molecule has 154 valence electrons. The van der Waals surface area contributed by atoms with Crippen molar-refractivity contribution in [2.24, 2.45) is 11.7 Å². The first-order chi connectivity index (χ1) is 13.1. The monoisotopic (exact) mass is 413 g/mol. The molecule has 11 nitrogen and oxygen atoms in total. The molecule has 0 amide bonds. The van der Waals surface area contributed by atoms with Gasteiger partial charge in [0, 0.05) is 0 Å². The van der Waals surface area contributed by atoms with Crippen molar-refractivity contribution in [3.05, 3.63) is 22.0 Å².